The van der Waals surface area contributed by atoms with Crippen molar-refractivity contribution in [3.8, 4) is 22.6 Å². The molecule has 0 heterocycles. The van der Waals surface area contributed by atoms with Crippen LogP contribution in [0.5, 0.6) is 11.5 Å². The second kappa shape index (κ2) is 10.9. The van der Waals surface area contributed by atoms with E-state index in [1.54, 1.807) is 13.2 Å². The summed E-state index contributed by atoms with van der Waals surface area (Å²) in [7, 11) is 1.65. The zero-order valence-corrected chi connectivity index (χ0v) is 23.0. The molecule has 0 saturated heterocycles. The first-order chi connectivity index (χ1) is 19.0. The van der Waals surface area contributed by atoms with E-state index in [2.05, 4.69) is 54.6 Å². The van der Waals surface area contributed by atoms with Crippen LogP contribution in [0.15, 0.2) is 72.8 Å². The van der Waals surface area contributed by atoms with Gasteiger partial charge in [-0.1, -0.05) is 42.5 Å². The van der Waals surface area contributed by atoms with Crippen molar-refractivity contribution in [3.05, 3.63) is 89.5 Å². The Hall–Kier alpha value is -3.53. The van der Waals surface area contributed by atoms with E-state index < -0.39 is 0 Å². The summed E-state index contributed by atoms with van der Waals surface area (Å²) in [5, 5.41) is 0. The Kier molecular flexibility index (Phi) is 7.20. The van der Waals surface area contributed by atoms with Crippen LogP contribution in [0.3, 0.4) is 0 Å². The second-order valence-corrected chi connectivity index (χ2v) is 11.7. The maximum absolute atomic E-state index is 12.0. The van der Waals surface area contributed by atoms with Crippen molar-refractivity contribution >= 4 is 12.0 Å². The quantitative estimate of drug-likeness (QED) is 0.211. The number of carbonyl (C=O) groups is 1. The lowest BCUT2D eigenvalue weighted by Gasteiger charge is -2.57. The molecule has 3 aromatic carbocycles. The topological polar surface area (TPSA) is 44.8 Å². The minimum Gasteiger partial charge on any atom is -0.496 e. The monoisotopic (exact) mass is 522 g/mol. The summed E-state index contributed by atoms with van der Waals surface area (Å²) in [5.74, 6) is 3.95. The molecule has 4 aliphatic rings. The normalized spacial score (nSPS) is 25.1. The predicted octanol–water partition coefficient (Wildman–Crippen LogP) is 7.99. The van der Waals surface area contributed by atoms with Crippen LogP contribution in [0.2, 0.25) is 0 Å². The molecule has 4 saturated carbocycles. The molecule has 0 aromatic heterocycles. The highest BCUT2D eigenvalue weighted by molar-refractivity contribution is 5.88. The zero-order valence-electron chi connectivity index (χ0n) is 23.0. The molecule has 0 N–H and O–H groups in total. The van der Waals surface area contributed by atoms with Crippen molar-refractivity contribution in [2.45, 2.75) is 57.5 Å². The van der Waals surface area contributed by atoms with Gasteiger partial charge in [-0.05, 0) is 116 Å². The fourth-order valence-corrected chi connectivity index (χ4v) is 7.82. The molecule has 4 bridgehead atoms. The third-order valence-corrected chi connectivity index (χ3v) is 9.07. The molecular formula is C35H38O4. The van der Waals surface area contributed by atoms with Gasteiger partial charge in [-0.15, -0.1) is 0 Å². The maximum atomic E-state index is 12.0. The van der Waals surface area contributed by atoms with E-state index in [1.807, 2.05) is 19.1 Å². The molecular weight excluding hydrogens is 484 g/mol. The highest BCUT2D eigenvalue weighted by atomic mass is 16.5. The first-order valence-electron chi connectivity index (χ1n) is 14.4. The molecule has 4 aliphatic carbocycles. The minimum atomic E-state index is -0.353. The smallest absolute Gasteiger partial charge is 0.330 e. The van der Waals surface area contributed by atoms with Crippen LogP contribution in [-0.4, -0.2) is 19.7 Å². The number of rotatable bonds is 9. The fourth-order valence-electron chi connectivity index (χ4n) is 7.82. The summed E-state index contributed by atoms with van der Waals surface area (Å²) in [4.78, 5) is 12.0. The first-order valence-corrected chi connectivity index (χ1v) is 14.4. The molecule has 4 nitrogen and oxygen atoms in total. The van der Waals surface area contributed by atoms with Crippen LogP contribution in [0.25, 0.3) is 17.2 Å². The largest absolute Gasteiger partial charge is 0.496 e. The van der Waals surface area contributed by atoms with Gasteiger partial charge in [0.25, 0.3) is 0 Å². The van der Waals surface area contributed by atoms with Crippen molar-refractivity contribution in [3.63, 3.8) is 0 Å². The average Bonchev–Trinajstić information content (AvgIpc) is 2.95. The SMILES string of the molecule is CCOC(=O)/C=C/c1cc(-c2ccc(OCc3ccccc3)c(C34CC5CC(CC(C5)C3)C4)c2)ccc1OC. The summed E-state index contributed by atoms with van der Waals surface area (Å²) < 4.78 is 17.2. The van der Waals surface area contributed by atoms with Crippen LogP contribution in [0.1, 0.15) is 62.1 Å². The molecule has 0 radical (unpaired) electrons. The van der Waals surface area contributed by atoms with E-state index in [1.165, 1.54) is 61.3 Å². The van der Waals surface area contributed by atoms with Gasteiger partial charge in [-0.25, -0.2) is 4.79 Å². The van der Waals surface area contributed by atoms with E-state index in [-0.39, 0.29) is 11.4 Å². The van der Waals surface area contributed by atoms with E-state index in [0.717, 1.165) is 40.4 Å². The molecule has 4 heteroatoms. The number of hydrogen-bond donors (Lipinski definition) is 0. The highest BCUT2D eigenvalue weighted by Gasteiger charge is 2.52. The van der Waals surface area contributed by atoms with Crippen molar-refractivity contribution < 1.29 is 19.0 Å². The van der Waals surface area contributed by atoms with Gasteiger partial charge in [-0.3, -0.25) is 0 Å². The summed E-state index contributed by atoms with van der Waals surface area (Å²) >= 11 is 0. The lowest BCUT2D eigenvalue weighted by atomic mass is 9.48. The van der Waals surface area contributed by atoms with Gasteiger partial charge in [0, 0.05) is 17.2 Å². The second-order valence-electron chi connectivity index (χ2n) is 11.7. The fraction of sp³-hybridized carbons (Fsp3) is 0.400. The van der Waals surface area contributed by atoms with E-state index in [9.17, 15) is 4.79 Å². The zero-order chi connectivity index (χ0) is 26.8. The first kappa shape index (κ1) is 25.7. The number of benzene rings is 3. The van der Waals surface area contributed by atoms with Gasteiger partial charge >= 0.3 is 5.97 Å². The summed E-state index contributed by atoms with van der Waals surface area (Å²) in [6, 6.07) is 23.4. The molecule has 0 aliphatic heterocycles. The third-order valence-electron chi connectivity index (χ3n) is 9.07. The number of hydrogen-bond acceptors (Lipinski definition) is 4. The predicted molar refractivity (Wildman–Crippen MR) is 155 cm³/mol. The Balaban J connectivity index is 1.37. The van der Waals surface area contributed by atoms with Gasteiger partial charge < -0.3 is 14.2 Å². The molecule has 0 atom stereocenters. The van der Waals surface area contributed by atoms with Gasteiger partial charge in [-0.2, -0.15) is 0 Å². The van der Waals surface area contributed by atoms with Crippen LogP contribution in [0.4, 0.5) is 0 Å². The number of carbonyl (C=O) groups excluding carboxylic acids is 1. The Morgan fingerprint density at radius 2 is 1.51 bits per heavy atom. The molecule has 0 amide bonds. The summed E-state index contributed by atoms with van der Waals surface area (Å²) in [6.07, 6.45) is 11.3. The molecule has 4 fully saturated rings. The lowest BCUT2D eigenvalue weighted by molar-refractivity contribution is -0.137. The van der Waals surface area contributed by atoms with Crippen molar-refractivity contribution in [2.75, 3.05) is 13.7 Å². The third kappa shape index (κ3) is 5.34. The van der Waals surface area contributed by atoms with Crippen LogP contribution in [0, 0.1) is 17.8 Å². The van der Waals surface area contributed by atoms with Crippen LogP contribution in [-0.2, 0) is 21.6 Å². The Labute approximate surface area is 232 Å². The number of esters is 1. The molecule has 7 rings (SSSR count). The summed E-state index contributed by atoms with van der Waals surface area (Å²) in [5.41, 5.74) is 5.89. The standard InChI is InChI=1S/C35H38O4/c1-3-38-34(36)14-11-30-18-28(9-12-32(30)37-2)29-10-13-33(39-23-24-7-5-4-6-8-24)31(19-29)35-20-25-15-26(21-35)17-27(16-25)22-35/h4-14,18-19,25-27H,3,15-17,20-23H2,1-2H3/b14-11+. The average molecular weight is 523 g/mol. The molecule has 3 aromatic rings. The van der Waals surface area contributed by atoms with Gasteiger partial charge in [0.05, 0.1) is 13.7 Å². The Morgan fingerprint density at radius 3 is 2.15 bits per heavy atom. The van der Waals surface area contributed by atoms with Gasteiger partial charge in [0.2, 0.25) is 0 Å². The van der Waals surface area contributed by atoms with E-state index >= 15 is 0 Å². The number of methoxy groups -OCH3 is 1. The molecule has 39 heavy (non-hydrogen) atoms. The van der Waals surface area contributed by atoms with E-state index in [4.69, 9.17) is 14.2 Å². The highest BCUT2D eigenvalue weighted by Crippen LogP contribution is 2.62. The van der Waals surface area contributed by atoms with Crippen LogP contribution < -0.4 is 9.47 Å². The summed E-state index contributed by atoms with van der Waals surface area (Å²) in [6.45, 7) is 2.73. The van der Waals surface area contributed by atoms with Crippen LogP contribution >= 0.6 is 0 Å². The van der Waals surface area contributed by atoms with Gasteiger partial charge in [0.1, 0.15) is 18.1 Å². The molecule has 0 unspecified atom stereocenters. The minimum absolute atomic E-state index is 0.204. The van der Waals surface area contributed by atoms with Crippen molar-refractivity contribution in [1.82, 2.24) is 0 Å². The Bertz CT molecular complexity index is 1320. The van der Waals surface area contributed by atoms with Crippen molar-refractivity contribution in [1.29, 1.82) is 0 Å². The Morgan fingerprint density at radius 1 is 0.872 bits per heavy atom. The van der Waals surface area contributed by atoms with E-state index in [0.29, 0.717) is 13.2 Å². The maximum Gasteiger partial charge on any atom is 0.330 e. The van der Waals surface area contributed by atoms with Crippen molar-refractivity contribution in [2.24, 2.45) is 17.8 Å². The van der Waals surface area contributed by atoms with Gasteiger partial charge in [0.15, 0.2) is 0 Å². The number of ether oxygens (including phenoxy) is 3. The molecule has 202 valence electrons. The molecule has 0 spiro atoms. The lowest BCUT2D eigenvalue weighted by Crippen LogP contribution is -2.48.